The highest BCUT2D eigenvalue weighted by Gasteiger charge is 2.45. The number of rotatable bonds is 4. The molecule has 6 heteroatoms. The van der Waals surface area contributed by atoms with Gasteiger partial charge in [-0.3, -0.25) is 4.90 Å². The van der Waals surface area contributed by atoms with Gasteiger partial charge in [0.05, 0.1) is 12.5 Å². The Balaban J connectivity index is 1.52. The van der Waals surface area contributed by atoms with Crippen molar-refractivity contribution in [1.29, 1.82) is 0 Å². The van der Waals surface area contributed by atoms with Gasteiger partial charge in [0.15, 0.2) is 5.82 Å². The number of hydrogen-bond donors (Lipinski definition) is 0. The summed E-state index contributed by atoms with van der Waals surface area (Å²) in [4.78, 5) is 6.33. The van der Waals surface area contributed by atoms with Crippen LogP contribution in [-0.4, -0.2) is 41.3 Å². The van der Waals surface area contributed by atoms with Gasteiger partial charge in [0, 0.05) is 37.5 Å². The Labute approximate surface area is 134 Å². The van der Waals surface area contributed by atoms with Gasteiger partial charge in [-0.25, -0.2) is 9.37 Å². The van der Waals surface area contributed by atoms with Crippen LogP contribution in [0.5, 0.6) is 5.88 Å². The number of halogens is 1. The smallest absolute Gasteiger partial charge is 0.250 e. The molecule has 0 aliphatic carbocycles. The largest absolute Gasteiger partial charge is 0.472 e. The summed E-state index contributed by atoms with van der Waals surface area (Å²) < 4.78 is 30.7. The van der Waals surface area contributed by atoms with Crippen molar-refractivity contribution in [3.63, 3.8) is 0 Å². The van der Waals surface area contributed by atoms with Crippen LogP contribution in [0.1, 0.15) is 18.4 Å². The van der Waals surface area contributed by atoms with Crippen LogP contribution in [-0.2, 0) is 11.3 Å². The predicted octanol–water partition coefficient (Wildman–Crippen LogP) is 2.62. The average Bonchev–Trinajstić information content (AvgIpc) is 3.19. The van der Waals surface area contributed by atoms with E-state index in [1.54, 1.807) is 18.6 Å². The number of aromatic nitrogens is 1. The zero-order chi connectivity index (χ0) is 15.6. The van der Waals surface area contributed by atoms with Crippen LogP contribution in [0.2, 0.25) is 0 Å². The van der Waals surface area contributed by atoms with Crippen molar-refractivity contribution in [2.24, 2.45) is 0 Å². The highest BCUT2D eigenvalue weighted by Crippen LogP contribution is 2.32. The Morgan fingerprint density at radius 1 is 1.39 bits per heavy atom. The maximum Gasteiger partial charge on any atom is 0.250 e. The van der Waals surface area contributed by atoms with Crippen LogP contribution in [0.4, 0.5) is 4.39 Å². The summed E-state index contributed by atoms with van der Waals surface area (Å²) in [6.07, 6.45) is 6.81. The molecule has 2 aliphatic rings. The molecule has 5 nitrogen and oxygen atoms in total. The maximum absolute atomic E-state index is 13.8. The molecule has 0 bridgehead atoms. The lowest BCUT2D eigenvalue weighted by Crippen LogP contribution is -2.42. The molecule has 2 aromatic rings. The quantitative estimate of drug-likeness (QED) is 0.867. The number of hydrogen-bond acceptors (Lipinski definition) is 5. The van der Waals surface area contributed by atoms with Crippen LogP contribution in [0.3, 0.4) is 0 Å². The Kier molecular flexibility index (Phi) is 4.01. The fraction of sp³-hybridized carbons (Fsp3) is 0.471. The van der Waals surface area contributed by atoms with Gasteiger partial charge in [-0.15, -0.1) is 0 Å². The lowest BCUT2D eigenvalue weighted by Gasteiger charge is -2.32. The molecule has 122 valence electrons. The summed E-state index contributed by atoms with van der Waals surface area (Å²) in [5.74, 6) is -0.385. The molecule has 3 atom stereocenters. The van der Waals surface area contributed by atoms with Crippen molar-refractivity contribution in [2.75, 3.05) is 13.2 Å². The molecule has 0 spiro atoms. The molecule has 4 heterocycles. The first-order valence-electron chi connectivity index (χ1n) is 7.95. The minimum atomic E-state index is -0.437. The van der Waals surface area contributed by atoms with Gasteiger partial charge in [-0.05, 0) is 31.0 Å². The summed E-state index contributed by atoms with van der Waals surface area (Å²) in [5.41, 5.74) is 1.12. The van der Waals surface area contributed by atoms with E-state index in [2.05, 4.69) is 9.88 Å². The average molecular weight is 318 g/mol. The van der Waals surface area contributed by atoms with E-state index in [4.69, 9.17) is 13.9 Å². The summed E-state index contributed by atoms with van der Waals surface area (Å²) in [6, 6.07) is 5.17. The molecule has 2 aliphatic heterocycles. The van der Waals surface area contributed by atoms with E-state index >= 15 is 0 Å². The van der Waals surface area contributed by atoms with Crippen molar-refractivity contribution >= 4 is 0 Å². The molecule has 2 saturated heterocycles. The lowest BCUT2D eigenvalue weighted by molar-refractivity contribution is -0.0486. The number of likely N-dealkylation sites (tertiary alicyclic amines) is 1. The second kappa shape index (κ2) is 6.29. The molecular formula is C17H19FN2O3. The van der Waals surface area contributed by atoms with Gasteiger partial charge in [0.2, 0.25) is 0 Å². The summed E-state index contributed by atoms with van der Waals surface area (Å²) >= 11 is 0. The van der Waals surface area contributed by atoms with E-state index in [0.717, 1.165) is 31.6 Å². The lowest BCUT2D eigenvalue weighted by atomic mass is 10.0. The van der Waals surface area contributed by atoms with Gasteiger partial charge >= 0.3 is 0 Å². The Morgan fingerprint density at radius 3 is 3.17 bits per heavy atom. The van der Waals surface area contributed by atoms with Gasteiger partial charge in [-0.1, -0.05) is 0 Å². The van der Waals surface area contributed by atoms with E-state index in [1.807, 2.05) is 6.07 Å². The monoisotopic (exact) mass is 318 g/mol. The van der Waals surface area contributed by atoms with Gasteiger partial charge in [-0.2, -0.15) is 0 Å². The highest BCUT2D eigenvalue weighted by molar-refractivity contribution is 5.15. The number of fused-ring (bicyclic) bond motifs is 1. The molecule has 2 fully saturated rings. The predicted molar refractivity (Wildman–Crippen MR) is 80.5 cm³/mol. The number of furan rings is 1. The molecule has 0 unspecified atom stereocenters. The van der Waals surface area contributed by atoms with E-state index in [-0.39, 0.29) is 24.1 Å². The van der Waals surface area contributed by atoms with Crippen LogP contribution < -0.4 is 4.74 Å². The second-order valence-electron chi connectivity index (χ2n) is 6.05. The second-order valence-corrected chi connectivity index (χ2v) is 6.05. The van der Waals surface area contributed by atoms with E-state index in [9.17, 15) is 4.39 Å². The minimum Gasteiger partial charge on any atom is -0.472 e. The summed E-state index contributed by atoms with van der Waals surface area (Å²) in [6.45, 7) is 2.20. The molecule has 0 saturated carbocycles. The van der Waals surface area contributed by atoms with Crippen molar-refractivity contribution in [3.05, 3.63) is 48.3 Å². The fourth-order valence-corrected chi connectivity index (χ4v) is 3.51. The number of pyridine rings is 1. The topological polar surface area (TPSA) is 47.7 Å². The summed E-state index contributed by atoms with van der Waals surface area (Å²) in [5, 5.41) is 0. The number of ether oxygens (including phenoxy) is 2. The minimum absolute atomic E-state index is 0.0444. The molecule has 23 heavy (non-hydrogen) atoms. The molecule has 0 aromatic carbocycles. The van der Waals surface area contributed by atoms with E-state index in [0.29, 0.717) is 6.54 Å². The van der Waals surface area contributed by atoms with Crippen LogP contribution in [0.15, 0.2) is 41.3 Å². The number of nitrogens with zero attached hydrogens (tertiary/aromatic N) is 2. The standard InChI is InChI=1S/C17H19FN2O3/c18-13-3-1-6-19-17(13)23-15-10-20(9-12-5-8-21-11-12)14-4-2-7-22-16(14)15/h1,3,5-6,8,11,14-16H,2,4,7,9-10H2/t14-,15+,16+/m1/s1. The van der Waals surface area contributed by atoms with Crippen molar-refractivity contribution < 1.29 is 18.3 Å². The van der Waals surface area contributed by atoms with Crippen molar-refractivity contribution in [2.45, 2.75) is 37.6 Å². The van der Waals surface area contributed by atoms with E-state index in [1.165, 1.54) is 12.3 Å². The third kappa shape index (κ3) is 2.96. The fourth-order valence-electron chi connectivity index (χ4n) is 3.51. The van der Waals surface area contributed by atoms with Crippen LogP contribution in [0, 0.1) is 5.82 Å². The first-order valence-corrected chi connectivity index (χ1v) is 7.95. The Hall–Kier alpha value is -1.92. The Bertz CT molecular complexity index is 649. The molecular weight excluding hydrogens is 299 g/mol. The summed E-state index contributed by atoms with van der Waals surface area (Å²) in [7, 11) is 0. The zero-order valence-electron chi connectivity index (χ0n) is 12.7. The molecule has 4 rings (SSSR count). The first-order chi connectivity index (χ1) is 11.3. The SMILES string of the molecule is Fc1cccnc1O[C@H]1CN(Cc2ccoc2)[C@@H]2CCCO[C@H]12. The normalized spacial score (nSPS) is 27.8. The third-order valence-electron chi connectivity index (χ3n) is 4.54. The maximum atomic E-state index is 13.8. The van der Waals surface area contributed by atoms with Gasteiger partial charge in [0.25, 0.3) is 5.88 Å². The third-order valence-corrected chi connectivity index (χ3v) is 4.54. The van der Waals surface area contributed by atoms with Gasteiger partial charge < -0.3 is 13.9 Å². The van der Waals surface area contributed by atoms with Gasteiger partial charge in [0.1, 0.15) is 12.2 Å². The molecule has 0 radical (unpaired) electrons. The van der Waals surface area contributed by atoms with Crippen LogP contribution in [0.25, 0.3) is 0 Å². The van der Waals surface area contributed by atoms with E-state index < -0.39 is 5.82 Å². The highest BCUT2D eigenvalue weighted by atomic mass is 19.1. The molecule has 0 N–H and O–H groups in total. The van der Waals surface area contributed by atoms with Crippen molar-refractivity contribution in [3.8, 4) is 5.88 Å². The first kappa shape index (κ1) is 14.7. The zero-order valence-corrected chi connectivity index (χ0v) is 12.7. The molecule has 0 amide bonds. The molecule has 2 aromatic heterocycles. The Morgan fingerprint density at radius 2 is 2.35 bits per heavy atom. The van der Waals surface area contributed by atoms with Crippen molar-refractivity contribution in [1.82, 2.24) is 9.88 Å². The van der Waals surface area contributed by atoms with Crippen LogP contribution >= 0.6 is 0 Å².